The first-order valence-corrected chi connectivity index (χ1v) is 7.81. The SMILES string of the molecule is O=C(O)CCc1csc(N2CCCN(CCO)CC2)n1. The van der Waals surface area contributed by atoms with Crippen LogP contribution in [-0.2, 0) is 11.2 Å². The molecule has 1 fully saturated rings. The number of aromatic nitrogens is 1. The largest absolute Gasteiger partial charge is 0.481 e. The molecule has 0 radical (unpaired) electrons. The number of thiazole rings is 1. The number of hydrogen-bond acceptors (Lipinski definition) is 6. The van der Waals surface area contributed by atoms with Crippen LogP contribution in [0.4, 0.5) is 5.13 Å². The van der Waals surface area contributed by atoms with Gasteiger partial charge in [-0.3, -0.25) is 9.69 Å². The number of anilines is 1. The number of carbonyl (C=O) groups is 1. The number of nitrogens with zero attached hydrogens (tertiary/aromatic N) is 3. The van der Waals surface area contributed by atoms with E-state index >= 15 is 0 Å². The van der Waals surface area contributed by atoms with Gasteiger partial charge in [-0.15, -0.1) is 11.3 Å². The quantitative estimate of drug-likeness (QED) is 0.804. The summed E-state index contributed by atoms with van der Waals surface area (Å²) in [6, 6.07) is 0. The fourth-order valence-electron chi connectivity index (χ4n) is 2.32. The molecular weight excluding hydrogens is 278 g/mol. The molecule has 0 unspecified atom stereocenters. The van der Waals surface area contributed by atoms with E-state index in [0.717, 1.165) is 50.0 Å². The Bertz CT molecular complexity index is 438. The maximum absolute atomic E-state index is 10.6. The maximum Gasteiger partial charge on any atom is 0.303 e. The van der Waals surface area contributed by atoms with Gasteiger partial charge in [0.15, 0.2) is 5.13 Å². The van der Waals surface area contributed by atoms with Crippen LogP contribution in [0.2, 0.25) is 0 Å². The molecule has 112 valence electrons. The van der Waals surface area contributed by atoms with E-state index in [9.17, 15) is 4.79 Å². The van der Waals surface area contributed by atoms with Crippen molar-refractivity contribution in [1.29, 1.82) is 0 Å². The molecular formula is C13H21N3O3S. The van der Waals surface area contributed by atoms with E-state index in [1.807, 2.05) is 5.38 Å². The highest BCUT2D eigenvalue weighted by atomic mass is 32.1. The van der Waals surface area contributed by atoms with Crippen molar-refractivity contribution in [2.24, 2.45) is 0 Å². The maximum atomic E-state index is 10.6. The first-order chi connectivity index (χ1) is 9.69. The predicted molar refractivity (Wildman–Crippen MR) is 78.4 cm³/mol. The summed E-state index contributed by atoms with van der Waals surface area (Å²) in [7, 11) is 0. The summed E-state index contributed by atoms with van der Waals surface area (Å²) in [5.74, 6) is -0.783. The summed E-state index contributed by atoms with van der Waals surface area (Å²) in [5, 5.41) is 20.6. The van der Waals surface area contributed by atoms with Crippen molar-refractivity contribution in [1.82, 2.24) is 9.88 Å². The van der Waals surface area contributed by atoms with Crippen molar-refractivity contribution in [2.75, 3.05) is 44.2 Å². The van der Waals surface area contributed by atoms with Gasteiger partial charge in [-0.1, -0.05) is 0 Å². The lowest BCUT2D eigenvalue weighted by Crippen LogP contribution is -2.32. The van der Waals surface area contributed by atoms with Gasteiger partial charge in [0.1, 0.15) is 0 Å². The van der Waals surface area contributed by atoms with E-state index in [-0.39, 0.29) is 13.0 Å². The summed E-state index contributed by atoms with van der Waals surface area (Å²) >= 11 is 1.59. The number of β-amino-alcohol motifs (C(OH)–C–C–N with tert-alkyl or cyclic N) is 1. The first kappa shape index (κ1) is 15.2. The van der Waals surface area contributed by atoms with Crippen LogP contribution in [-0.4, -0.2) is 65.4 Å². The average Bonchev–Trinajstić information content (AvgIpc) is 2.77. The molecule has 7 heteroatoms. The van der Waals surface area contributed by atoms with Gasteiger partial charge in [0.25, 0.3) is 0 Å². The molecule has 0 bridgehead atoms. The zero-order chi connectivity index (χ0) is 14.4. The highest BCUT2D eigenvalue weighted by Gasteiger charge is 2.17. The van der Waals surface area contributed by atoms with Gasteiger partial charge in [-0.05, 0) is 13.0 Å². The van der Waals surface area contributed by atoms with E-state index < -0.39 is 5.97 Å². The van der Waals surface area contributed by atoms with Crippen molar-refractivity contribution < 1.29 is 15.0 Å². The van der Waals surface area contributed by atoms with Crippen LogP contribution in [0.25, 0.3) is 0 Å². The third kappa shape index (κ3) is 4.43. The van der Waals surface area contributed by atoms with Crippen LogP contribution < -0.4 is 4.90 Å². The van der Waals surface area contributed by atoms with Gasteiger partial charge < -0.3 is 15.1 Å². The van der Waals surface area contributed by atoms with Crippen LogP contribution in [0.5, 0.6) is 0 Å². The molecule has 0 aliphatic carbocycles. The standard InChI is InChI=1S/C13H21N3O3S/c17-9-8-15-4-1-5-16(7-6-15)13-14-11(10-20-13)2-3-12(18)19/h10,17H,1-9H2,(H,18,19). The highest BCUT2D eigenvalue weighted by Crippen LogP contribution is 2.22. The second-order valence-corrected chi connectivity index (χ2v) is 5.76. The first-order valence-electron chi connectivity index (χ1n) is 6.93. The monoisotopic (exact) mass is 299 g/mol. The molecule has 6 nitrogen and oxygen atoms in total. The number of aliphatic carboxylic acids is 1. The Hall–Kier alpha value is -1.18. The molecule has 1 aromatic rings. The van der Waals surface area contributed by atoms with Crippen molar-refractivity contribution >= 4 is 22.4 Å². The number of carboxylic acid groups (broad SMARTS) is 1. The zero-order valence-corrected chi connectivity index (χ0v) is 12.3. The number of carboxylic acids is 1. The van der Waals surface area contributed by atoms with Crippen LogP contribution >= 0.6 is 11.3 Å². The fraction of sp³-hybridized carbons (Fsp3) is 0.692. The zero-order valence-electron chi connectivity index (χ0n) is 11.5. The Balaban J connectivity index is 1.89. The van der Waals surface area contributed by atoms with Gasteiger partial charge in [0.2, 0.25) is 0 Å². The Morgan fingerprint density at radius 2 is 2.20 bits per heavy atom. The van der Waals surface area contributed by atoms with E-state index in [1.54, 1.807) is 11.3 Å². The van der Waals surface area contributed by atoms with Gasteiger partial charge in [-0.25, -0.2) is 4.98 Å². The molecule has 0 atom stereocenters. The molecule has 0 saturated carbocycles. The minimum atomic E-state index is -0.783. The van der Waals surface area contributed by atoms with E-state index in [1.165, 1.54) is 0 Å². The molecule has 1 aliphatic rings. The second kappa shape index (κ2) is 7.56. The highest BCUT2D eigenvalue weighted by molar-refractivity contribution is 7.13. The average molecular weight is 299 g/mol. The summed E-state index contributed by atoms with van der Waals surface area (Å²) in [5.41, 5.74) is 0.865. The minimum absolute atomic E-state index is 0.132. The third-order valence-electron chi connectivity index (χ3n) is 3.41. The topological polar surface area (TPSA) is 76.9 Å². The number of aliphatic hydroxyl groups is 1. The molecule has 2 N–H and O–H groups in total. The summed E-state index contributed by atoms with van der Waals surface area (Å²) < 4.78 is 0. The van der Waals surface area contributed by atoms with Crippen molar-refractivity contribution in [3.8, 4) is 0 Å². The van der Waals surface area contributed by atoms with Gasteiger partial charge in [0, 0.05) is 38.0 Å². The number of hydrogen-bond donors (Lipinski definition) is 2. The third-order valence-corrected chi connectivity index (χ3v) is 4.36. The van der Waals surface area contributed by atoms with Gasteiger partial charge >= 0.3 is 5.97 Å². The molecule has 2 rings (SSSR count). The molecule has 0 aromatic carbocycles. The molecule has 0 spiro atoms. The van der Waals surface area contributed by atoms with Gasteiger partial charge in [0.05, 0.1) is 18.7 Å². The van der Waals surface area contributed by atoms with Crippen LogP contribution in [0.3, 0.4) is 0 Å². The molecule has 1 aliphatic heterocycles. The lowest BCUT2D eigenvalue weighted by atomic mass is 10.2. The Morgan fingerprint density at radius 3 is 2.95 bits per heavy atom. The summed E-state index contributed by atoms with van der Waals surface area (Å²) in [6.07, 6.45) is 1.69. The Morgan fingerprint density at radius 1 is 1.35 bits per heavy atom. The van der Waals surface area contributed by atoms with E-state index in [2.05, 4.69) is 14.8 Å². The predicted octanol–water partition coefficient (Wildman–Crippen LogP) is 0.665. The molecule has 20 heavy (non-hydrogen) atoms. The van der Waals surface area contributed by atoms with Crippen LogP contribution in [0.1, 0.15) is 18.5 Å². The van der Waals surface area contributed by atoms with Crippen LogP contribution in [0.15, 0.2) is 5.38 Å². The lowest BCUT2D eigenvalue weighted by Gasteiger charge is -2.20. The summed E-state index contributed by atoms with van der Waals surface area (Å²) in [4.78, 5) is 19.6. The van der Waals surface area contributed by atoms with E-state index in [4.69, 9.17) is 10.2 Å². The number of aliphatic hydroxyl groups excluding tert-OH is 1. The number of aryl methyl sites for hydroxylation is 1. The molecule has 1 saturated heterocycles. The smallest absolute Gasteiger partial charge is 0.303 e. The van der Waals surface area contributed by atoms with Crippen LogP contribution in [0, 0.1) is 0 Å². The normalized spacial score (nSPS) is 17.1. The van der Waals surface area contributed by atoms with Crippen molar-refractivity contribution in [3.63, 3.8) is 0 Å². The Labute approximate surface area is 122 Å². The minimum Gasteiger partial charge on any atom is -0.481 e. The lowest BCUT2D eigenvalue weighted by molar-refractivity contribution is -0.136. The fourth-order valence-corrected chi connectivity index (χ4v) is 3.23. The molecule has 0 amide bonds. The molecule has 1 aromatic heterocycles. The van der Waals surface area contributed by atoms with Gasteiger partial charge in [-0.2, -0.15) is 0 Å². The summed E-state index contributed by atoms with van der Waals surface area (Å²) in [6.45, 7) is 4.75. The van der Waals surface area contributed by atoms with E-state index in [0.29, 0.717) is 6.42 Å². The number of rotatable bonds is 6. The van der Waals surface area contributed by atoms with Crippen molar-refractivity contribution in [2.45, 2.75) is 19.3 Å². The second-order valence-electron chi connectivity index (χ2n) is 4.92. The van der Waals surface area contributed by atoms with Crippen molar-refractivity contribution in [3.05, 3.63) is 11.1 Å². The molecule has 2 heterocycles. The Kier molecular flexibility index (Phi) is 5.75.